The van der Waals surface area contributed by atoms with E-state index in [1.54, 1.807) is 0 Å². The fourth-order valence-electron chi connectivity index (χ4n) is 1.01. The van der Waals surface area contributed by atoms with Crippen LogP contribution < -0.4 is 5.32 Å². The second-order valence-corrected chi connectivity index (χ2v) is 3.41. The molecule has 4 nitrogen and oxygen atoms in total. The van der Waals surface area contributed by atoms with Crippen LogP contribution in [0.15, 0.2) is 0 Å². The molecule has 0 aromatic carbocycles. The summed E-state index contributed by atoms with van der Waals surface area (Å²) in [6.07, 6.45) is -0.644. The third kappa shape index (κ3) is 6.54. The molecule has 0 spiro atoms. The van der Waals surface area contributed by atoms with Gasteiger partial charge in [0.05, 0.1) is 12.7 Å². The SMILES string of the molecule is CC(CN(C)C)NC[C@H](O)CO. The van der Waals surface area contributed by atoms with E-state index in [1.165, 1.54) is 0 Å². The van der Waals surface area contributed by atoms with Crippen molar-refractivity contribution in [3.63, 3.8) is 0 Å². The van der Waals surface area contributed by atoms with Gasteiger partial charge in [-0.05, 0) is 21.0 Å². The van der Waals surface area contributed by atoms with Crippen molar-refractivity contribution in [3.8, 4) is 0 Å². The van der Waals surface area contributed by atoms with Crippen LogP contribution in [0.4, 0.5) is 0 Å². The van der Waals surface area contributed by atoms with Gasteiger partial charge in [0, 0.05) is 19.1 Å². The number of aliphatic hydroxyl groups is 2. The Morgan fingerprint density at radius 3 is 2.42 bits per heavy atom. The average Bonchev–Trinajstić information content (AvgIpc) is 1.99. The van der Waals surface area contributed by atoms with E-state index in [-0.39, 0.29) is 6.61 Å². The summed E-state index contributed by atoms with van der Waals surface area (Å²) in [5.41, 5.74) is 0. The maximum absolute atomic E-state index is 9.01. The second-order valence-electron chi connectivity index (χ2n) is 3.41. The molecule has 0 saturated heterocycles. The molecule has 4 heteroatoms. The predicted octanol–water partition coefficient (Wildman–Crippen LogP) is -1.12. The minimum atomic E-state index is -0.644. The van der Waals surface area contributed by atoms with Crippen molar-refractivity contribution in [2.24, 2.45) is 0 Å². The highest BCUT2D eigenvalue weighted by Crippen LogP contribution is 1.86. The molecule has 0 saturated carbocycles. The maximum Gasteiger partial charge on any atom is 0.0895 e. The average molecular weight is 176 g/mol. The topological polar surface area (TPSA) is 55.7 Å². The van der Waals surface area contributed by atoms with Crippen LogP contribution in [0, 0.1) is 0 Å². The minimum absolute atomic E-state index is 0.179. The Morgan fingerprint density at radius 2 is 2.00 bits per heavy atom. The van der Waals surface area contributed by atoms with E-state index in [0.717, 1.165) is 6.54 Å². The van der Waals surface area contributed by atoms with Crippen LogP contribution in [0.1, 0.15) is 6.92 Å². The lowest BCUT2D eigenvalue weighted by molar-refractivity contribution is 0.0914. The predicted molar refractivity (Wildman–Crippen MR) is 49.1 cm³/mol. The molecule has 0 aliphatic carbocycles. The summed E-state index contributed by atoms with van der Waals surface area (Å²) in [4.78, 5) is 2.07. The summed E-state index contributed by atoms with van der Waals surface area (Å²) >= 11 is 0. The number of nitrogens with one attached hydrogen (secondary N) is 1. The zero-order chi connectivity index (χ0) is 9.56. The van der Waals surface area contributed by atoms with Gasteiger partial charge in [-0.25, -0.2) is 0 Å². The normalized spacial score (nSPS) is 16.5. The Bertz CT molecular complexity index is 109. The van der Waals surface area contributed by atoms with E-state index in [4.69, 9.17) is 10.2 Å². The molecule has 0 aliphatic rings. The van der Waals surface area contributed by atoms with Crippen molar-refractivity contribution in [1.29, 1.82) is 0 Å². The maximum atomic E-state index is 9.01. The minimum Gasteiger partial charge on any atom is -0.394 e. The summed E-state index contributed by atoms with van der Waals surface area (Å²) < 4.78 is 0. The molecule has 2 atom stereocenters. The van der Waals surface area contributed by atoms with Gasteiger partial charge in [0.2, 0.25) is 0 Å². The van der Waals surface area contributed by atoms with Gasteiger partial charge in [0.25, 0.3) is 0 Å². The molecule has 0 aromatic rings. The fraction of sp³-hybridized carbons (Fsp3) is 1.00. The van der Waals surface area contributed by atoms with E-state index in [0.29, 0.717) is 12.6 Å². The first-order chi connectivity index (χ1) is 5.56. The van der Waals surface area contributed by atoms with Crippen molar-refractivity contribution in [3.05, 3.63) is 0 Å². The summed E-state index contributed by atoms with van der Waals surface area (Å²) in [5, 5.41) is 20.7. The van der Waals surface area contributed by atoms with Crippen LogP contribution >= 0.6 is 0 Å². The smallest absolute Gasteiger partial charge is 0.0895 e. The number of hydrogen-bond acceptors (Lipinski definition) is 4. The van der Waals surface area contributed by atoms with Crippen LogP contribution in [-0.4, -0.2) is 61.1 Å². The van der Waals surface area contributed by atoms with E-state index in [9.17, 15) is 0 Å². The highest BCUT2D eigenvalue weighted by atomic mass is 16.3. The molecule has 0 heterocycles. The second kappa shape index (κ2) is 6.37. The molecule has 0 aliphatic heterocycles. The quantitative estimate of drug-likeness (QED) is 0.480. The lowest BCUT2D eigenvalue weighted by Gasteiger charge is -2.19. The molecular weight excluding hydrogens is 156 g/mol. The van der Waals surface area contributed by atoms with Gasteiger partial charge in [0.15, 0.2) is 0 Å². The van der Waals surface area contributed by atoms with Crippen LogP contribution in [0.5, 0.6) is 0 Å². The molecule has 0 amide bonds. The number of nitrogens with zero attached hydrogens (tertiary/aromatic N) is 1. The first-order valence-corrected chi connectivity index (χ1v) is 4.23. The zero-order valence-corrected chi connectivity index (χ0v) is 8.12. The van der Waals surface area contributed by atoms with E-state index < -0.39 is 6.10 Å². The number of hydrogen-bond donors (Lipinski definition) is 3. The highest BCUT2D eigenvalue weighted by Gasteiger charge is 2.05. The lowest BCUT2D eigenvalue weighted by Crippen LogP contribution is -2.40. The third-order valence-electron chi connectivity index (χ3n) is 1.55. The number of rotatable bonds is 6. The summed E-state index contributed by atoms with van der Waals surface area (Å²) in [5.74, 6) is 0. The van der Waals surface area contributed by atoms with Crippen molar-refractivity contribution in [1.82, 2.24) is 10.2 Å². The van der Waals surface area contributed by atoms with E-state index in [1.807, 2.05) is 21.0 Å². The zero-order valence-electron chi connectivity index (χ0n) is 8.12. The molecule has 3 N–H and O–H groups in total. The molecule has 74 valence electrons. The van der Waals surface area contributed by atoms with Gasteiger partial charge >= 0.3 is 0 Å². The van der Waals surface area contributed by atoms with Gasteiger partial charge in [-0.15, -0.1) is 0 Å². The van der Waals surface area contributed by atoms with E-state index >= 15 is 0 Å². The summed E-state index contributed by atoms with van der Waals surface area (Å²) in [6.45, 7) is 3.25. The van der Waals surface area contributed by atoms with E-state index in [2.05, 4.69) is 10.2 Å². The molecular formula is C8H20N2O2. The van der Waals surface area contributed by atoms with Crippen molar-refractivity contribution < 1.29 is 10.2 Å². The highest BCUT2D eigenvalue weighted by molar-refractivity contribution is 4.66. The van der Waals surface area contributed by atoms with Gasteiger partial charge in [-0.2, -0.15) is 0 Å². The molecule has 0 fully saturated rings. The molecule has 1 unspecified atom stereocenters. The number of likely N-dealkylation sites (N-methyl/N-ethyl adjacent to an activating group) is 1. The van der Waals surface area contributed by atoms with Gasteiger partial charge in [-0.1, -0.05) is 0 Å². The summed E-state index contributed by atoms with van der Waals surface area (Å²) in [7, 11) is 4.00. The lowest BCUT2D eigenvalue weighted by atomic mass is 10.3. The monoisotopic (exact) mass is 176 g/mol. The standard InChI is InChI=1S/C8H20N2O2/c1-7(5-10(2)3)9-4-8(12)6-11/h7-9,11-12H,4-6H2,1-3H3/t7?,8-/m0/s1. The van der Waals surface area contributed by atoms with Crippen LogP contribution in [-0.2, 0) is 0 Å². The first-order valence-electron chi connectivity index (χ1n) is 4.23. The number of aliphatic hydroxyl groups excluding tert-OH is 2. The Kier molecular flexibility index (Phi) is 6.28. The fourth-order valence-corrected chi connectivity index (χ4v) is 1.01. The van der Waals surface area contributed by atoms with Gasteiger partial charge < -0.3 is 20.4 Å². The third-order valence-corrected chi connectivity index (χ3v) is 1.55. The molecule has 0 aromatic heterocycles. The van der Waals surface area contributed by atoms with Gasteiger partial charge in [0.1, 0.15) is 0 Å². The van der Waals surface area contributed by atoms with Crippen LogP contribution in [0.25, 0.3) is 0 Å². The Hall–Kier alpha value is -0.160. The van der Waals surface area contributed by atoms with Crippen LogP contribution in [0.2, 0.25) is 0 Å². The molecule has 0 radical (unpaired) electrons. The largest absolute Gasteiger partial charge is 0.394 e. The molecule has 0 rings (SSSR count). The first kappa shape index (κ1) is 11.8. The van der Waals surface area contributed by atoms with Crippen molar-refractivity contribution >= 4 is 0 Å². The Morgan fingerprint density at radius 1 is 1.42 bits per heavy atom. The Balaban J connectivity index is 3.36. The Labute approximate surface area is 74.2 Å². The van der Waals surface area contributed by atoms with Crippen molar-refractivity contribution in [2.45, 2.75) is 19.1 Å². The molecule has 12 heavy (non-hydrogen) atoms. The summed E-state index contributed by atoms with van der Waals surface area (Å²) in [6, 6.07) is 0.334. The van der Waals surface area contributed by atoms with Crippen LogP contribution in [0.3, 0.4) is 0 Å². The van der Waals surface area contributed by atoms with Gasteiger partial charge in [-0.3, -0.25) is 0 Å². The molecule has 0 bridgehead atoms. The van der Waals surface area contributed by atoms with Crippen molar-refractivity contribution in [2.75, 3.05) is 33.8 Å².